The van der Waals surface area contributed by atoms with Gasteiger partial charge in [0.2, 0.25) is 0 Å². The molecule has 0 saturated carbocycles. The van der Waals surface area contributed by atoms with E-state index in [9.17, 15) is 0 Å². The molecule has 0 bridgehead atoms. The number of fused-ring (bicyclic) bond motifs is 1. The van der Waals surface area contributed by atoms with Gasteiger partial charge in [-0.3, -0.25) is 0 Å². The van der Waals surface area contributed by atoms with Crippen LogP contribution in [-0.4, -0.2) is 9.55 Å². The average molecular weight is 286 g/mol. The molecule has 0 saturated heterocycles. The summed E-state index contributed by atoms with van der Waals surface area (Å²) in [5, 5.41) is 1.36. The van der Waals surface area contributed by atoms with Gasteiger partial charge in [-0.15, -0.1) is 0 Å². The summed E-state index contributed by atoms with van der Waals surface area (Å²) in [4.78, 5) is 4.83. The first-order valence-electron chi connectivity index (χ1n) is 8.29. The number of aromatic nitrogens is 2. The molecule has 0 amide bonds. The van der Waals surface area contributed by atoms with Gasteiger partial charge in [0.1, 0.15) is 5.65 Å². The van der Waals surface area contributed by atoms with Crippen LogP contribution in [0.1, 0.15) is 96.0 Å². The van der Waals surface area contributed by atoms with Gasteiger partial charge in [0.05, 0.1) is 0 Å². The Kier molecular flexibility index (Phi) is 4.46. The van der Waals surface area contributed by atoms with Crippen LogP contribution in [0.15, 0.2) is 12.3 Å². The molecule has 2 heterocycles. The highest BCUT2D eigenvalue weighted by molar-refractivity contribution is 5.84. The third kappa shape index (κ3) is 2.73. The maximum absolute atomic E-state index is 4.83. The van der Waals surface area contributed by atoms with Gasteiger partial charge in [0.15, 0.2) is 0 Å². The van der Waals surface area contributed by atoms with Gasteiger partial charge in [-0.05, 0) is 48.8 Å². The second-order valence-electron chi connectivity index (χ2n) is 7.37. The van der Waals surface area contributed by atoms with Crippen molar-refractivity contribution in [2.75, 3.05) is 0 Å². The highest BCUT2D eigenvalue weighted by Gasteiger charge is 2.24. The van der Waals surface area contributed by atoms with Gasteiger partial charge in [-0.25, -0.2) is 4.98 Å². The van der Waals surface area contributed by atoms with E-state index in [1.165, 1.54) is 22.2 Å². The molecular weight excluding hydrogens is 256 g/mol. The predicted octanol–water partition coefficient (Wildman–Crippen LogP) is 5.99. The Bertz CT molecular complexity index is 631. The van der Waals surface area contributed by atoms with E-state index in [1.54, 1.807) is 0 Å². The molecule has 0 aliphatic rings. The lowest BCUT2D eigenvalue weighted by Crippen LogP contribution is -2.09. The number of nitrogens with zero attached hydrogens (tertiary/aromatic N) is 2. The fraction of sp³-hybridized carbons (Fsp3) is 0.632. The molecule has 0 atom stereocenters. The molecular formula is C19H30N2. The normalized spacial score (nSPS) is 12.6. The zero-order valence-electron chi connectivity index (χ0n) is 14.9. The van der Waals surface area contributed by atoms with Crippen LogP contribution >= 0.6 is 0 Å². The molecule has 0 unspecified atom stereocenters. The summed E-state index contributed by atoms with van der Waals surface area (Å²) < 4.78 is 2.44. The van der Waals surface area contributed by atoms with Crippen LogP contribution in [0.5, 0.6) is 0 Å². The highest BCUT2D eigenvalue weighted by atomic mass is 15.1. The Balaban J connectivity index is 2.90. The molecule has 2 rings (SSSR count). The molecule has 2 nitrogen and oxygen atoms in total. The van der Waals surface area contributed by atoms with E-state index < -0.39 is 0 Å². The van der Waals surface area contributed by atoms with Crippen molar-refractivity contribution in [2.45, 2.75) is 79.2 Å². The van der Waals surface area contributed by atoms with Crippen molar-refractivity contribution in [2.24, 2.45) is 0 Å². The molecule has 2 aromatic heterocycles. The highest BCUT2D eigenvalue weighted by Crippen LogP contribution is 2.38. The second kappa shape index (κ2) is 5.82. The number of rotatable bonds is 4. The minimum absolute atomic E-state index is 0.440. The quantitative estimate of drug-likeness (QED) is 0.675. The van der Waals surface area contributed by atoms with Crippen molar-refractivity contribution in [1.29, 1.82) is 0 Å². The van der Waals surface area contributed by atoms with Crippen LogP contribution < -0.4 is 0 Å². The number of hydrogen-bond donors (Lipinski definition) is 0. The lowest BCUT2D eigenvalue weighted by molar-refractivity contribution is 0.566. The summed E-state index contributed by atoms with van der Waals surface area (Å²) in [6, 6.07) is 2.81. The van der Waals surface area contributed by atoms with Crippen LogP contribution in [-0.2, 0) is 0 Å². The fourth-order valence-electron chi connectivity index (χ4n) is 3.28. The zero-order chi connectivity index (χ0) is 15.9. The van der Waals surface area contributed by atoms with Crippen LogP contribution in [0.25, 0.3) is 11.0 Å². The van der Waals surface area contributed by atoms with Crippen molar-refractivity contribution in [3.63, 3.8) is 0 Å². The van der Waals surface area contributed by atoms with Crippen LogP contribution in [0.4, 0.5) is 0 Å². The van der Waals surface area contributed by atoms with E-state index in [2.05, 4.69) is 72.2 Å². The Morgan fingerprint density at radius 2 is 1.48 bits per heavy atom. The molecule has 2 aromatic rings. The fourth-order valence-corrected chi connectivity index (χ4v) is 3.28. The molecule has 2 heteroatoms. The zero-order valence-corrected chi connectivity index (χ0v) is 14.9. The van der Waals surface area contributed by atoms with Crippen molar-refractivity contribution in [3.05, 3.63) is 29.1 Å². The van der Waals surface area contributed by atoms with Gasteiger partial charge < -0.3 is 4.57 Å². The van der Waals surface area contributed by atoms with Crippen LogP contribution in [0.2, 0.25) is 0 Å². The van der Waals surface area contributed by atoms with E-state index in [-0.39, 0.29) is 0 Å². The predicted molar refractivity (Wildman–Crippen MR) is 92.4 cm³/mol. The second-order valence-corrected chi connectivity index (χ2v) is 7.37. The monoisotopic (exact) mass is 286 g/mol. The Hall–Kier alpha value is -1.31. The summed E-state index contributed by atoms with van der Waals surface area (Å²) in [5.41, 5.74) is 5.44. The van der Waals surface area contributed by atoms with Crippen molar-refractivity contribution >= 4 is 11.0 Å². The lowest BCUT2D eigenvalue weighted by Gasteiger charge is -2.19. The lowest BCUT2D eigenvalue weighted by atomic mass is 9.93. The van der Waals surface area contributed by atoms with Gasteiger partial charge in [-0.2, -0.15) is 0 Å². The molecule has 0 aliphatic carbocycles. The molecule has 0 aliphatic heterocycles. The Morgan fingerprint density at radius 3 is 1.90 bits per heavy atom. The topological polar surface area (TPSA) is 17.8 Å². The standard InChI is InChI=1S/C19H30N2/c1-11(2)15-9-16-17(12(3)4)18(13(5)6)21(14(7)8)19(16)20-10-15/h9-14H,1-8H3. The van der Waals surface area contributed by atoms with Gasteiger partial charge in [-0.1, -0.05) is 41.5 Å². The van der Waals surface area contributed by atoms with E-state index >= 15 is 0 Å². The van der Waals surface area contributed by atoms with Crippen molar-refractivity contribution in [3.8, 4) is 0 Å². The summed E-state index contributed by atoms with van der Waals surface area (Å²) >= 11 is 0. The van der Waals surface area contributed by atoms with Crippen LogP contribution in [0, 0.1) is 0 Å². The molecule has 21 heavy (non-hydrogen) atoms. The van der Waals surface area contributed by atoms with E-state index in [0.717, 1.165) is 5.65 Å². The largest absolute Gasteiger partial charge is 0.327 e. The smallest absolute Gasteiger partial charge is 0.140 e. The van der Waals surface area contributed by atoms with Crippen molar-refractivity contribution < 1.29 is 0 Å². The summed E-state index contributed by atoms with van der Waals surface area (Å²) in [6.45, 7) is 18.2. The van der Waals surface area contributed by atoms with Gasteiger partial charge in [0.25, 0.3) is 0 Å². The van der Waals surface area contributed by atoms with E-state index in [1.807, 2.05) is 0 Å². The van der Waals surface area contributed by atoms with Crippen molar-refractivity contribution in [1.82, 2.24) is 9.55 Å². The summed E-state index contributed by atoms with van der Waals surface area (Å²) in [5.74, 6) is 1.56. The maximum Gasteiger partial charge on any atom is 0.140 e. The molecule has 0 aromatic carbocycles. The number of hydrogen-bond acceptors (Lipinski definition) is 1. The SMILES string of the molecule is CC(C)c1cnc2c(c1)c(C(C)C)c(C(C)C)n2C(C)C. The maximum atomic E-state index is 4.83. The number of pyridine rings is 1. The first-order chi connectivity index (χ1) is 9.75. The average Bonchev–Trinajstić information content (AvgIpc) is 2.72. The van der Waals surface area contributed by atoms with Gasteiger partial charge in [0, 0.05) is 23.3 Å². The molecule has 0 fully saturated rings. The molecule has 116 valence electrons. The minimum Gasteiger partial charge on any atom is -0.327 e. The Morgan fingerprint density at radius 1 is 0.857 bits per heavy atom. The molecule has 0 N–H and O–H groups in total. The Labute approximate surface area is 129 Å². The molecule has 0 radical (unpaired) electrons. The van der Waals surface area contributed by atoms with E-state index in [0.29, 0.717) is 23.8 Å². The minimum atomic E-state index is 0.440. The molecule has 0 spiro atoms. The summed E-state index contributed by atoms with van der Waals surface area (Å²) in [7, 11) is 0. The first kappa shape index (κ1) is 16.1. The summed E-state index contributed by atoms with van der Waals surface area (Å²) in [6.07, 6.45) is 2.06. The van der Waals surface area contributed by atoms with Gasteiger partial charge >= 0.3 is 0 Å². The first-order valence-corrected chi connectivity index (χ1v) is 8.29. The van der Waals surface area contributed by atoms with Crippen LogP contribution in [0.3, 0.4) is 0 Å². The third-order valence-corrected chi connectivity index (χ3v) is 4.25. The van der Waals surface area contributed by atoms with E-state index in [4.69, 9.17) is 4.98 Å². The third-order valence-electron chi connectivity index (χ3n) is 4.25.